The molecule has 0 saturated carbocycles. The summed E-state index contributed by atoms with van der Waals surface area (Å²) in [6.45, 7) is 8.32. The standard InChI is InChI=1S/C17H27FN2O/c1-2-13-21-17-7-6-16(18)14-15(17)5-3-10-20-11-4-8-19-9-12-20/h6-7,14,19H,2-5,8-13H2,1H3. The second-order valence-electron chi connectivity index (χ2n) is 5.65. The third-order valence-electron chi connectivity index (χ3n) is 3.84. The van der Waals surface area contributed by atoms with E-state index in [4.69, 9.17) is 4.74 Å². The molecule has 1 heterocycles. The van der Waals surface area contributed by atoms with Crippen LogP contribution < -0.4 is 10.1 Å². The number of halogens is 1. The van der Waals surface area contributed by atoms with Gasteiger partial charge in [-0.3, -0.25) is 0 Å². The highest BCUT2D eigenvalue weighted by atomic mass is 19.1. The van der Waals surface area contributed by atoms with Gasteiger partial charge in [-0.15, -0.1) is 0 Å². The summed E-state index contributed by atoms with van der Waals surface area (Å²) < 4.78 is 19.1. The number of aryl methyl sites for hydroxylation is 1. The van der Waals surface area contributed by atoms with E-state index in [1.54, 1.807) is 12.1 Å². The Morgan fingerprint density at radius 3 is 3.05 bits per heavy atom. The number of rotatable bonds is 7. The average molecular weight is 294 g/mol. The number of benzene rings is 1. The number of ether oxygens (including phenoxy) is 1. The summed E-state index contributed by atoms with van der Waals surface area (Å²) in [5.74, 6) is 0.670. The van der Waals surface area contributed by atoms with Gasteiger partial charge in [-0.2, -0.15) is 0 Å². The minimum absolute atomic E-state index is 0.173. The Morgan fingerprint density at radius 1 is 1.29 bits per heavy atom. The summed E-state index contributed by atoms with van der Waals surface area (Å²) in [5, 5.41) is 3.41. The topological polar surface area (TPSA) is 24.5 Å². The van der Waals surface area contributed by atoms with Gasteiger partial charge in [0.15, 0.2) is 0 Å². The smallest absolute Gasteiger partial charge is 0.123 e. The third-order valence-corrected chi connectivity index (χ3v) is 3.84. The van der Waals surface area contributed by atoms with Gasteiger partial charge in [0, 0.05) is 13.1 Å². The molecule has 0 unspecified atom stereocenters. The van der Waals surface area contributed by atoms with Gasteiger partial charge >= 0.3 is 0 Å². The second-order valence-corrected chi connectivity index (χ2v) is 5.65. The number of hydrogen-bond donors (Lipinski definition) is 1. The fraction of sp³-hybridized carbons (Fsp3) is 0.647. The number of hydrogen-bond acceptors (Lipinski definition) is 3. The largest absolute Gasteiger partial charge is 0.493 e. The molecule has 0 spiro atoms. The van der Waals surface area contributed by atoms with E-state index in [9.17, 15) is 4.39 Å². The van der Waals surface area contributed by atoms with Gasteiger partial charge in [0.2, 0.25) is 0 Å². The molecule has 1 aliphatic heterocycles. The quantitative estimate of drug-likeness (QED) is 0.837. The maximum atomic E-state index is 13.4. The zero-order chi connectivity index (χ0) is 14.9. The van der Waals surface area contributed by atoms with E-state index in [1.807, 2.05) is 0 Å². The van der Waals surface area contributed by atoms with Gasteiger partial charge in [0.25, 0.3) is 0 Å². The number of nitrogens with zero attached hydrogens (tertiary/aromatic N) is 1. The molecule has 1 aromatic carbocycles. The molecule has 4 heteroatoms. The Labute approximate surface area is 127 Å². The Kier molecular flexibility index (Phi) is 6.96. The average Bonchev–Trinajstić information content (AvgIpc) is 2.75. The van der Waals surface area contributed by atoms with Crippen LogP contribution in [0.25, 0.3) is 0 Å². The van der Waals surface area contributed by atoms with Crippen molar-refractivity contribution < 1.29 is 9.13 Å². The van der Waals surface area contributed by atoms with Gasteiger partial charge in [-0.05, 0) is 69.1 Å². The van der Waals surface area contributed by atoms with E-state index in [1.165, 1.54) is 12.5 Å². The van der Waals surface area contributed by atoms with Crippen LogP contribution in [0.3, 0.4) is 0 Å². The lowest BCUT2D eigenvalue weighted by Gasteiger charge is -2.19. The fourth-order valence-corrected chi connectivity index (χ4v) is 2.71. The van der Waals surface area contributed by atoms with Crippen LogP contribution in [0.1, 0.15) is 31.7 Å². The molecule has 1 N–H and O–H groups in total. The van der Waals surface area contributed by atoms with Crippen LogP contribution in [-0.4, -0.2) is 44.2 Å². The van der Waals surface area contributed by atoms with Crippen LogP contribution in [0.5, 0.6) is 5.75 Å². The van der Waals surface area contributed by atoms with E-state index in [2.05, 4.69) is 17.1 Å². The molecule has 0 amide bonds. The minimum Gasteiger partial charge on any atom is -0.493 e. The monoisotopic (exact) mass is 294 g/mol. The molecule has 0 radical (unpaired) electrons. The van der Waals surface area contributed by atoms with Gasteiger partial charge in [0.1, 0.15) is 11.6 Å². The zero-order valence-electron chi connectivity index (χ0n) is 13.0. The van der Waals surface area contributed by atoms with E-state index in [0.717, 1.165) is 63.3 Å². The lowest BCUT2D eigenvalue weighted by atomic mass is 10.1. The molecular weight excluding hydrogens is 267 g/mol. The fourth-order valence-electron chi connectivity index (χ4n) is 2.71. The molecule has 2 rings (SSSR count). The summed E-state index contributed by atoms with van der Waals surface area (Å²) in [4.78, 5) is 2.49. The van der Waals surface area contributed by atoms with Crippen LogP contribution in [0, 0.1) is 5.82 Å². The van der Waals surface area contributed by atoms with Crippen molar-refractivity contribution in [3.63, 3.8) is 0 Å². The van der Waals surface area contributed by atoms with Crippen molar-refractivity contribution in [2.45, 2.75) is 32.6 Å². The highest BCUT2D eigenvalue weighted by molar-refractivity contribution is 5.34. The van der Waals surface area contributed by atoms with E-state index in [0.29, 0.717) is 6.61 Å². The van der Waals surface area contributed by atoms with Crippen molar-refractivity contribution >= 4 is 0 Å². The van der Waals surface area contributed by atoms with Crippen molar-refractivity contribution in [1.29, 1.82) is 0 Å². The maximum Gasteiger partial charge on any atom is 0.123 e. The predicted octanol–water partition coefficient (Wildman–Crippen LogP) is 2.84. The van der Waals surface area contributed by atoms with Crippen LogP contribution in [0.2, 0.25) is 0 Å². The van der Waals surface area contributed by atoms with Crippen molar-refractivity contribution in [2.75, 3.05) is 39.3 Å². The molecule has 3 nitrogen and oxygen atoms in total. The van der Waals surface area contributed by atoms with E-state index in [-0.39, 0.29) is 5.82 Å². The maximum absolute atomic E-state index is 13.4. The van der Waals surface area contributed by atoms with Crippen molar-refractivity contribution in [2.24, 2.45) is 0 Å². The summed E-state index contributed by atoms with van der Waals surface area (Å²) in [6, 6.07) is 4.86. The van der Waals surface area contributed by atoms with E-state index >= 15 is 0 Å². The summed E-state index contributed by atoms with van der Waals surface area (Å²) in [7, 11) is 0. The summed E-state index contributed by atoms with van der Waals surface area (Å²) >= 11 is 0. The van der Waals surface area contributed by atoms with E-state index < -0.39 is 0 Å². The lowest BCUT2D eigenvalue weighted by Crippen LogP contribution is -2.29. The van der Waals surface area contributed by atoms with Gasteiger partial charge < -0.3 is 15.0 Å². The van der Waals surface area contributed by atoms with Crippen molar-refractivity contribution in [1.82, 2.24) is 10.2 Å². The second kappa shape index (κ2) is 9.00. The predicted molar refractivity (Wildman–Crippen MR) is 84.4 cm³/mol. The minimum atomic E-state index is -0.173. The molecular formula is C17H27FN2O. The Balaban J connectivity index is 1.84. The first-order valence-corrected chi connectivity index (χ1v) is 8.14. The molecule has 0 atom stereocenters. The molecule has 118 valence electrons. The molecule has 1 aromatic rings. The highest BCUT2D eigenvalue weighted by Gasteiger charge is 2.10. The van der Waals surface area contributed by atoms with Crippen LogP contribution in [0.4, 0.5) is 4.39 Å². The van der Waals surface area contributed by atoms with Crippen LogP contribution in [0.15, 0.2) is 18.2 Å². The highest BCUT2D eigenvalue weighted by Crippen LogP contribution is 2.21. The molecule has 0 bridgehead atoms. The third kappa shape index (κ3) is 5.64. The number of nitrogens with one attached hydrogen (secondary N) is 1. The first kappa shape index (κ1) is 16.2. The van der Waals surface area contributed by atoms with Crippen molar-refractivity contribution in [3.05, 3.63) is 29.6 Å². The molecule has 0 aromatic heterocycles. The molecule has 0 aliphatic carbocycles. The summed E-state index contributed by atoms with van der Waals surface area (Å²) in [6.07, 6.45) is 4.11. The van der Waals surface area contributed by atoms with Gasteiger partial charge in [-0.1, -0.05) is 6.92 Å². The molecule has 1 saturated heterocycles. The van der Waals surface area contributed by atoms with Crippen molar-refractivity contribution in [3.8, 4) is 5.75 Å². The van der Waals surface area contributed by atoms with Crippen LogP contribution >= 0.6 is 0 Å². The molecule has 1 aliphatic rings. The molecule has 21 heavy (non-hydrogen) atoms. The van der Waals surface area contributed by atoms with Crippen LogP contribution in [-0.2, 0) is 6.42 Å². The summed E-state index contributed by atoms with van der Waals surface area (Å²) in [5.41, 5.74) is 0.997. The Morgan fingerprint density at radius 2 is 2.19 bits per heavy atom. The van der Waals surface area contributed by atoms with Gasteiger partial charge in [-0.25, -0.2) is 4.39 Å². The first-order valence-electron chi connectivity index (χ1n) is 8.14. The first-order chi connectivity index (χ1) is 10.3. The van der Waals surface area contributed by atoms with Gasteiger partial charge in [0.05, 0.1) is 6.61 Å². The Bertz CT molecular complexity index is 417. The normalized spacial score (nSPS) is 16.7. The lowest BCUT2D eigenvalue weighted by molar-refractivity contribution is 0.286. The Hall–Kier alpha value is -1.13. The SMILES string of the molecule is CCCOc1ccc(F)cc1CCCN1CCCNCC1. The zero-order valence-corrected chi connectivity index (χ0v) is 13.0. The molecule has 1 fully saturated rings.